The number of aromatic nitrogens is 1. The first kappa shape index (κ1) is 15.2. The topological polar surface area (TPSA) is 97.2 Å². The third-order valence-electron chi connectivity index (χ3n) is 3.99. The van der Waals surface area contributed by atoms with Crippen molar-refractivity contribution in [3.63, 3.8) is 0 Å². The summed E-state index contributed by atoms with van der Waals surface area (Å²) in [7, 11) is 1.63. The predicted octanol–water partition coefficient (Wildman–Crippen LogP) is 2.34. The van der Waals surface area contributed by atoms with E-state index in [-0.39, 0.29) is 23.2 Å². The van der Waals surface area contributed by atoms with Crippen molar-refractivity contribution in [2.24, 2.45) is 5.92 Å². The first-order chi connectivity index (χ1) is 10.0. The molecule has 1 aliphatic rings. The van der Waals surface area contributed by atoms with Gasteiger partial charge in [0.05, 0.1) is 10.5 Å². The molecule has 2 atom stereocenters. The van der Waals surface area contributed by atoms with Crippen molar-refractivity contribution in [1.29, 1.82) is 0 Å². The molecule has 114 valence electrons. The van der Waals surface area contributed by atoms with Crippen molar-refractivity contribution >= 4 is 17.4 Å². The number of pyridine rings is 1. The zero-order valence-electron chi connectivity index (χ0n) is 12.3. The van der Waals surface area contributed by atoms with Crippen LogP contribution < -0.4 is 10.6 Å². The van der Waals surface area contributed by atoms with E-state index < -0.39 is 4.92 Å². The Labute approximate surface area is 123 Å². The van der Waals surface area contributed by atoms with E-state index >= 15 is 0 Å². The normalized spacial score (nSPS) is 21.6. The summed E-state index contributed by atoms with van der Waals surface area (Å²) in [6, 6.07) is 1.39. The summed E-state index contributed by atoms with van der Waals surface area (Å²) < 4.78 is 0. The highest BCUT2D eigenvalue weighted by Gasteiger charge is 2.25. The third-order valence-corrected chi connectivity index (χ3v) is 3.99. The summed E-state index contributed by atoms with van der Waals surface area (Å²) in [5.41, 5.74) is 0.0281. The van der Waals surface area contributed by atoms with Crippen LogP contribution in [0.15, 0.2) is 12.3 Å². The molecule has 1 amide bonds. The Morgan fingerprint density at radius 3 is 2.76 bits per heavy atom. The van der Waals surface area contributed by atoms with E-state index in [9.17, 15) is 14.9 Å². The molecular weight excluding hydrogens is 272 g/mol. The molecule has 2 rings (SSSR count). The molecule has 7 heteroatoms. The number of nitrogens with one attached hydrogen (secondary N) is 2. The van der Waals surface area contributed by atoms with Crippen LogP contribution in [0.25, 0.3) is 0 Å². The van der Waals surface area contributed by atoms with E-state index in [0.717, 1.165) is 25.5 Å². The highest BCUT2D eigenvalue weighted by Crippen LogP contribution is 2.25. The van der Waals surface area contributed by atoms with Crippen molar-refractivity contribution in [3.8, 4) is 0 Å². The summed E-state index contributed by atoms with van der Waals surface area (Å²) in [5.74, 6) is 0.461. The third kappa shape index (κ3) is 3.48. The first-order valence-electron chi connectivity index (χ1n) is 7.16. The maximum atomic E-state index is 12.4. The predicted molar refractivity (Wildman–Crippen MR) is 79.3 cm³/mol. The molecule has 0 bridgehead atoms. The largest absolute Gasteiger partial charge is 0.372 e. The second-order valence-corrected chi connectivity index (χ2v) is 5.44. The smallest absolute Gasteiger partial charge is 0.288 e. The monoisotopic (exact) mass is 292 g/mol. The van der Waals surface area contributed by atoms with Crippen LogP contribution >= 0.6 is 0 Å². The molecule has 2 N–H and O–H groups in total. The molecule has 1 aromatic rings. The zero-order chi connectivity index (χ0) is 15.4. The maximum absolute atomic E-state index is 12.4. The molecule has 1 saturated carbocycles. The maximum Gasteiger partial charge on any atom is 0.288 e. The number of rotatable bonds is 4. The number of nitro groups is 1. The summed E-state index contributed by atoms with van der Waals surface area (Å²) in [5, 5.41) is 16.6. The fourth-order valence-electron chi connectivity index (χ4n) is 2.70. The van der Waals surface area contributed by atoms with Crippen LogP contribution in [0.5, 0.6) is 0 Å². The van der Waals surface area contributed by atoms with Crippen LogP contribution in [0.1, 0.15) is 43.0 Å². The summed E-state index contributed by atoms with van der Waals surface area (Å²) in [6.07, 6.45) is 5.47. The van der Waals surface area contributed by atoms with Gasteiger partial charge >= 0.3 is 0 Å². The minimum Gasteiger partial charge on any atom is -0.372 e. The zero-order valence-corrected chi connectivity index (χ0v) is 12.3. The molecule has 1 heterocycles. The van der Waals surface area contributed by atoms with E-state index in [1.165, 1.54) is 12.5 Å². The number of carbonyl (C=O) groups is 1. The first-order valence-corrected chi connectivity index (χ1v) is 7.16. The molecule has 0 aromatic carbocycles. The number of nitrogens with zero attached hydrogens (tertiary/aromatic N) is 2. The van der Waals surface area contributed by atoms with Gasteiger partial charge in [-0.25, -0.2) is 4.98 Å². The van der Waals surface area contributed by atoms with Crippen molar-refractivity contribution in [2.75, 3.05) is 12.4 Å². The minimum atomic E-state index is -0.549. The van der Waals surface area contributed by atoms with Crippen LogP contribution in [-0.4, -0.2) is 28.9 Å². The van der Waals surface area contributed by atoms with Gasteiger partial charge in [-0.2, -0.15) is 0 Å². The molecule has 2 unspecified atom stereocenters. The van der Waals surface area contributed by atoms with Crippen LogP contribution in [0.2, 0.25) is 0 Å². The van der Waals surface area contributed by atoms with E-state index in [1.54, 1.807) is 7.05 Å². The molecule has 0 spiro atoms. The van der Waals surface area contributed by atoms with Gasteiger partial charge in [0.15, 0.2) is 0 Å². The Hall–Kier alpha value is -2.18. The number of hydrogen-bond acceptors (Lipinski definition) is 5. The van der Waals surface area contributed by atoms with Crippen molar-refractivity contribution in [3.05, 3.63) is 27.9 Å². The van der Waals surface area contributed by atoms with Gasteiger partial charge in [-0.05, 0) is 18.8 Å². The minimum absolute atomic E-state index is 0.121. The lowest BCUT2D eigenvalue weighted by Crippen LogP contribution is -2.41. The lowest BCUT2D eigenvalue weighted by Gasteiger charge is -2.29. The SMILES string of the molecule is CNc1ncc([N+](=O)[O-])cc1C(=O)NC1CCCCC1C. The van der Waals surface area contributed by atoms with Gasteiger partial charge in [-0.3, -0.25) is 14.9 Å². The number of amides is 1. The van der Waals surface area contributed by atoms with Crippen molar-refractivity contribution < 1.29 is 9.72 Å². The standard InChI is InChI=1S/C14H20N4O3/c1-9-5-3-4-6-12(9)17-14(19)11-7-10(18(20)21)8-16-13(11)15-2/h7-9,12H,3-6H2,1-2H3,(H,15,16)(H,17,19). The van der Waals surface area contributed by atoms with Gasteiger partial charge in [0.2, 0.25) is 0 Å². The second kappa shape index (κ2) is 6.51. The Morgan fingerprint density at radius 1 is 1.43 bits per heavy atom. The van der Waals surface area contributed by atoms with Gasteiger partial charge < -0.3 is 10.6 Å². The number of hydrogen-bond donors (Lipinski definition) is 2. The van der Waals surface area contributed by atoms with Crippen molar-refractivity contribution in [1.82, 2.24) is 10.3 Å². The second-order valence-electron chi connectivity index (χ2n) is 5.44. The number of anilines is 1. The van der Waals surface area contributed by atoms with Gasteiger partial charge in [0.25, 0.3) is 11.6 Å². The highest BCUT2D eigenvalue weighted by molar-refractivity contribution is 5.99. The van der Waals surface area contributed by atoms with Gasteiger partial charge in [-0.15, -0.1) is 0 Å². The Balaban J connectivity index is 2.20. The molecule has 1 fully saturated rings. The van der Waals surface area contributed by atoms with Gasteiger partial charge in [0.1, 0.15) is 12.0 Å². The Kier molecular flexibility index (Phi) is 4.72. The summed E-state index contributed by atoms with van der Waals surface area (Å²) >= 11 is 0. The Bertz CT molecular complexity index is 547. The fourth-order valence-corrected chi connectivity index (χ4v) is 2.70. The average Bonchev–Trinajstić information content (AvgIpc) is 2.48. The van der Waals surface area contributed by atoms with Crippen LogP contribution in [0.4, 0.5) is 11.5 Å². The van der Waals surface area contributed by atoms with E-state index in [2.05, 4.69) is 22.5 Å². The van der Waals surface area contributed by atoms with Crippen LogP contribution in [0, 0.1) is 16.0 Å². The average molecular weight is 292 g/mol. The molecular formula is C14H20N4O3. The molecule has 0 saturated heterocycles. The molecule has 0 radical (unpaired) electrons. The van der Waals surface area contributed by atoms with E-state index in [4.69, 9.17) is 0 Å². The molecule has 21 heavy (non-hydrogen) atoms. The van der Waals surface area contributed by atoms with E-state index in [0.29, 0.717) is 11.7 Å². The van der Waals surface area contributed by atoms with Crippen LogP contribution in [-0.2, 0) is 0 Å². The summed E-state index contributed by atoms with van der Waals surface area (Å²) in [4.78, 5) is 26.6. The fraction of sp³-hybridized carbons (Fsp3) is 0.571. The Morgan fingerprint density at radius 2 is 2.14 bits per heavy atom. The molecule has 1 aromatic heterocycles. The quantitative estimate of drug-likeness (QED) is 0.655. The lowest BCUT2D eigenvalue weighted by atomic mass is 9.86. The van der Waals surface area contributed by atoms with Crippen molar-refractivity contribution in [2.45, 2.75) is 38.6 Å². The molecule has 1 aliphatic carbocycles. The van der Waals surface area contributed by atoms with Gasteiger partial charge in [-0.1, -0.05) is 19.8 Å². The molecule has 0 aliphatic heterocycles. The number of carbonyl (C=O) groups excluding carboxylic acids is 1. The lowest BCUT2D eigenvalue weighted by molar-refractivity contribution is -0.385. The van der Waals surface area contributed by atoms with E-state index in [1.807, 2.05) is 0 Å². The molecule has 7 nitrogen and oxygen atoms in total. The van der Waals surface area contributed by atoms with Crippen LogP contribution in [0.3, 0.4) is 0 Å². The summed E-state index contributed by atoms with van der Waals surface area (Å²) in [6.45, 7) is 2.12. The highest BCUT2D eigenvalue weighted by atomic mass is 16.6. The van der Waals surface area contributed by atoms with Gasteiger partial charge in [0, 0.05) is 19.2 Å².